The molecule has 1 atom stereocenters. The number of ether oxygens (including phenoxy) is 2. The van der Waals surface area contributed by atoms with Crippen LogP contribution >= 0.6 is 0 Å². The quantitative estimate of drug-likeness (QED) is 0.389. The van der Waals surface area contributed by atoms with Crippen LogP contribution in [0, 0.1) is 0 Å². The molecular formula is C25H20N2O5. The highest BCUT2D eigenvalue weighted by molar-refractivity contribution is 6.46. The summed E-state index contributed by atoms with van der Waals surface area (Å²) < 4.78 is 11.1. The van der Waals surface area contributed by atoms with Gasteiger partial charge in [-0.05, 0) is 41.5 Å². The fraction of sp³-hybridized carbons (Fsp3) is 0.160. The lowest BCUT2D eigenvalue weighted by Gasteiger charge is -2.25. The first-order valence-electron chi connectivity index (χ1n) is 10.3. The molecule has 2 aliphatic rings. The summed E-state index contributed by atoms with van der Waals surface area (Å²) in [5.74, 6) is -0.579. The van der Waals surface area contributed by atoms with E-state index in [0.717, 1.165) is 5.56 Å². The van der Waals surface area contributed by atoms with E-state index < -0.39 is 17.7 Å². The highest BCUT2D eigenvalue weighted by Gasteiger charge is 2.46. The van der Waals surface area contributed by atoms with Crippen molar-refractivity contribution < 1.29 is 24.2 Å². The van der Waals surface area contributed by atoms with Crippen LogP contribution in [-0.4, -0.2) is 39.9 Å². The lowest BCUT2D eigenvalue weighted by molar-refractivity contribution is -0.140. The van der Waals surface area contributed by atoms with Gasteiger partial charge < -0.3 is 19.5 Å². The van der Waals surface area contributed by atoms with Crippen molar-refractivity contribution in [1.82, 2.24) is 9.88 Å². The standard InChI is InChI=1S/C25H20N2O5/c28-23(18-6-7-19-20(14-18)32-13-12-31-19)21-22(17-8-10-26-11-9-17)27(25(30)24(21)29)15-16-4-2-1-3-5-16/h1-11,14,22,28H,12-13,15H2. The molecule has 2 aliphatic heterocycles. The van der Waals surface area contributed by atoms with E-state index in [1.807, 2.05) is 30.3 Å². The Morgan fingerprint density at radius 3 is 2.44 bits per heavy atom. The van der Waals surface area contributed by atoms with Gasteiger partial charge in [0.25, 0.3) is 11.7 Å². The van der Waals surface area contributed by atoms with Gasteiger partial charge in [-0.2, -0.15) is 0 Å². The number of amides is 1. The Labute approximate surface area is 184 Å². The number of likely N-dealkylation sites (tertiary alicyclic amines) is 1. The molecule has 1 aromatic heterocycles. The number of Topliss-reactive ketones (excluding diaryl/α,β-unsaturated/α-hetero) is 1. The number of aromatic nitrogens is 1. The van der Waals surface area contributed by atoms with E-state index in [4.69, 9.17) is 9.47 Å². The Morgan fingerprint density at radius 1 is 0.969 bits per heavy atom. The molecule has 7 nitrogen and oxygen atoms in total. The Morgan fingerprint density at radius 2 is 1.69 bits per heavy atom. The molecule has 0 bridgehead atoms. The lowest BCUT2D eigenvalue weighted by Crippen LogP contribution is -2.29. The second kappa shape index (κ2) is 8.19. The fourth-order valence-electron chi connectivity index (χ4n) is 4.06. The summed E-state index contributed by atoms with van der Waals surface area (Å²) in [7, 11) is 0. The average Bonchev–Trinajstić information content (AvgIpc) is 3.09. The van der Waals surface area contributed by atoms with E-state index in [2.05, 4.69) is 4.98 Å². The summed E-state index contributed by atoms with van der Waals surface area (Å²) in [6.07, 6.45) is 3.20. The molecule has 3 heterocycles. The molecule has 0 aliphatic carbocycles. The number of carbonyl (C=O) groups excluding carboxylic acids is 2. The normalized spacial score (nSPS) is 19.2. The topological polar surface area (TPSA) is 89.0 Å². The molecule has 1 amide bonds. The van der Waals surface area contributed by atoms with Gasteiger partial charge in [-0.25, -0.2) is 0 Å². The molecule has 2 aromatic carbocycles. The van der Waals surface area contributed by atoms with E-state index in [0.29, 0.717) is 35.8 Å². The van der Waals surface area contributed by atoms with Gasteiger partial charge in [0.05, 0.1) is 11.6 Å². The summed E-state index contributed by atoms with van der Waals surface area (Å²) >= 11 is 0. The number of fused-ring (bicyclic) bond motifs is 1. The first-order valence-corrected chi connectivity index (χ1v) is 10.3. The first-order chi connectivity index (χ1) is 15.6. The zero-order valence-electron chi connectivity index (χ0n) is 17.1. The maximum absolute atomic E-state index is 13.1. The summed E-state index contributed by atoms with van der Waals surface area (Å²) in [4.78, 5) is 31.7. The summed E-state index contributed by atoms with van der Waals surface area (Å²) in [5.41, 5.74) is 1.99. The van der Waals surface area contributed by atoms with Crippen molar-refractivity contribution in [1.29, 1.82) is 0 Å². The van der Waals surface area contributed by atoms with Gasteiger partial charge in [-0.15, -0.1) is 0 Å². The van der Waals surface area contributed by atoms with Gasteiger partial charge in [0.15, 0.2) is 11.5 Å². The van der Waals surface area contributed by atoms with Crippen molar-refractivity contribution >= 4 is 17.4 Å². The fourth-order valence-corrected chi connectivity index (χ4v) is 4.06. The number of pyridine rings is 1. The number of benzene rings is 2. The number of hydrogen-bond donors (Lipinski definition) is 1. The molecule has 5 rings (SSSR count). The molecule has 1 N–H and O–H groups in total. The Hall–Kier alpha value is -4.13. The molecule has 3 aromatic rings. The third-order valence-electron chi connectivity index (χ3n) is 5.57. The largest absolute Gasteiger partial charge is 0.507 e. The van der Waals surface area contributed by atoms with Crippen LogP contribution in [0.25, 0.3) is 5.76 Å². The Balaban J connectivity index is 1.62. The van der Waals surface area contributed by atoms with Crippen LogP contribution in [0.3, 0.4) is 0 Å². The number of aliphatic hydroxyl groups is 1. The first kappa shape index (κ1) is 19.8. The van der Waals surface area contributed by atoms with E-state index in [1.54, 1.807) is 42.7 Å². The van der Waals surface area contributed by atoms with Crippen molar-refractivity contribution in [3.8, 4) is 11.5 Å². The minimum atomic E-state index is -0.744. The van der Waals surface area contributed by atoms with Crippen molar-refractivity contribution in [3.63, 3.8) is 0 Å². The molecule has 0 saturated carbocycles. The molecular weight excluding hydrogens is 408 g/mol. The molecule has 1 saturated heterocycles. The van der Waals surface area contributed by atoms with Crippen molar-refractivity contribution in [3.05, 3.63) is 95.3 Å². The predicted molar refractivity (Wildman–Crippen MR) is 116 cm³/mol. The van der Waals surface area contributed by atoms with Gasteiger partial charge in [-0.3, -0.25) is 14.6 Å². The number of hydrogen-bond acceptors (Lipinski definition) is 6. The maximum atomic E-state index is 13.1. The van der Waals surface area contributed by atoms with Crippen molar-refractivity contribution in [2.45, 2.75) is 12.6 Å². The minimum absolute atomic E-state index is 0.0359. The van der Waals surface area contributed by atoms with Crippen LogP contribution in [-0.2, 0) is 16.1 Å². The maximum Gasteiger partial charge on any atom is 0.295 e. The monoisotopic (exact) mass is 428 g/mol. The van der Waals surface area contributed by atoms with Crippen molar-refractivity contribution in [2.24, 2.45) is 0 Å². The van der Waals surface area contributed by atoms with Gasteiger partial charge in [-0.1, -0.05) is 30.3 Å². The van der Waals surface area contributed by atoms with E-state index >= 15 is 0 Å². The second-order valence-electron chi connectivity index (χ2n) is 7.55. The smallest absolute Gasteiger partial charge is 0.295 e. The van der Waals surface area contributed by atoms with Gasteiger partial charge in [0.1, 0.15) is 19.0 Å². The minimum Gasteiger partial charge on any atom is -0.507 e. The molecule has 160 valence electrons. The van der Waals surface area contributed by atoms with Crippen LogP contribution in [0.1, 0.15) is 22.7 Å². The van der Waals surface area contributed by atoms with E-state index in [-0.39, 0.29) is 17.9 Å². The van der Waals surface area contributed by atoms with Crippen LogP contribution in [0.4, 0.5) is 0 Å². The lowest BCUT2D eigenvalue weighted by atomic mass is 9.95. The molecule has 32 heavy (non-hydrogen) atoms. The molecule has 0 spiro atoms. The Kier molecular flexibility index (Phi) is 5.07. The molecule has 0 radical (unpaired) electrons. The second-order valence-corrected chi connectivity index (χ2v) is 7.55. The van der Waals surface area contributed by atoms with Crippen molar-refractivity contribution in [2.75, 3.05) is 13.2 Å². The highest BCUT2D eigenvalue weighted by atomic mass is 16.6. The number of ketones is 1. The van der Waals surface area contributed by atoms with E-state index in [9.17, 15) is 14.7 Å². The van der Waals surface area contributed by atoms with Gasteiger partial charge >= 0.3 is 0 Å². The molecule has 7 heteroatoms. The summed E-state index contributed by atoms with van der Waals surface area (Å²) in [6, 6.07) is 17.1. The zero-order chi connectivity index (χ0) is 22.1. The third-order valence-corrected chi connectivity index (χ3v) is 5.57. The highest BCUT2D eigenvalue weighted by Crippen LogP contribution is 2.41. The van der Waals surface area contributed by atoms with Crippen LogP contribution < -0.4 is 9.47 Å². The molecule has 1 fully saturated rings. The number of nitrogens with zero attached hydrogens (tertiary/aromatic N) is 2. The average molecular weight is 428 g/mol. The Bertz CT molecular complexity index is 1210. The third kappa shape index (κ3) is 3.47. The number of carbonyl (C=O) groups is 2. The van der Waals surface area contributed by atoms with Crippen LogP contribution in [0.2, 0.25) is 0 Å². The van der Waals surface area contributed by atoms with Gasteiger partial charge in [0.2, 0.25) is 0 Å². The van der Waals surface area contributed by atoms with Gasteiger partial charge in [0, 0.05) is 24.5 Å². The molecule has 1 unspecified atom stereocenters. The van der Waals surface area contributed by atoms with Crippen LogP contribution in [0.5, 0.6) is 11.5 Å². The predicted octanol–water partition coefficient (Wildman–Crippen LogP) is 3.47. The van der Waals surface area contributed by atoms with E-state index in [1.165, 1.54) is 4.90 Å². The SMILES string of the molecule is O=C1C(=O)N(Cc2ccccc2)C(c2ccncc2)C1=C(O)c1ccc2c(c1)OCCO2. The summed E-state index contributed by atoms with van der Waals surface area (Å²) in [5, 5.41) is 11.2. The zero-order valence-corrected chi connectivity index (χ0v) is 17.1. The van der Waals surface area contributed by atoms with Crippen LogP contribution in [0.15, 0.2) is 78.6 Å². The number of rotatable bonds is 4. The number of aliphatic hydroxyl groups excluding tert-OH is 1. The summed E-state index contributed by atoms with van der Waals surface area (Å²) in [6.45, 7) is 1.08.